The maximum absolute atomic E-state index is 6.11. The summed E-state index contributed by atoms with van der Waals surface area (Å²) in [6.45, 7) is 4.63. The Balaban J connectivity index is 1.71. The highest BCUT2D eigenvalue weighted by atomic mass is 35.5. The van der Waals surface area contributed by atoms with Crippen molar-refractivity contribution in [3.05, 3.63) is 40.5 Å². The molecule has 1 aliphatic rings. The van der Waals surface area contributed by atoms with Gasteiger partial charge in [0.05, 0.1) is 13.0 Å². The number of benzene rings is 1. The zero-order valence-corrected chi connectivity index (χ0v) is 13.6. The Bertz CT molecular complexity index is 644. The van der Waals surface area contributed by atoms with Crippen LogP contribution in [0.15, 0.2) is 22.7 Å². The van der Waals surface area contributed by atoms with Gasteiger partial charge in [-0.15, -0.1) is 0 Å². The zero-order chi connectivity index (χ0) is 15.5. The molecule has 0 saturated carbocycles. The number of hydrogen-bond donors (Lipinski definition) is 0. The van der Waals surface area contributed by atoms with E-state index in [0.29, 0.717) is 11.7 Å². The number of likely N-dealkylation sites (tertiary alicyclic amines) is 1. The zero-order valence-electron chi connectivity index (χ0n) is 12.9. The minimum atomic E-state index is 0.306. The summed E-state index contributed by atoms with van der Waals surface area (Å²) in [6.07, 6.45) is 2.21. The molecule has 3 rings (SSSR count). The van der Waals surface area contributed by atoms with Gasteiger partial charge < -0.3 is 9.26 Å². The highest BCUT2D eigenvalue weighted by molar-refractivity contribution is 6.30. The van der Waals surface area contributed by atoms with Crippen LogP contribution < -0.4 is 4.74 Å². The molecule has 0 aliphatic carbocycles. The number of hydrogen-bond acceptors (Lipinski definition) is 5. The summed E-state index contributed by atoms with van der Waals surface area (Å²) in [4.78, 5) is 6.76. The lowest BCUT2D eigenvalue weighted by Crippen LogP contribution is -2.34. The van der Waals surface area contributed by atoms with Crippen molar-refractivity contribution in [1.82, 2.24) is 15.0 Å². The number of halogens is 1. The lowest BCUT2D eigenvalue weighted by molar-refractivity contribution is 0.178. The van der Waals surface area contributed by atoms with Crippen LogP contribution in [0.2, 0.25) is 5.02 Å². The molecular formula is C16H20ClN3O2. The van der Waals surface area contributed by atoms with Gasteiger partial charge in [0.1, 0.15) is 5.75 Å². The summed E-state index contributed by atoms with van der Waals surface area (Å²) >= 11 is 6.11. The van der Waals surface area contributed by atoms with Crippen LogP contribution in [0.1, 0.15) is 36.0 Å². The quantitative estimate of drug-likeness (QED) is 0.863. The topological polar surface area (TPSA) is 51.4 Å². The number of rotatable bonds is 4. The Hall–Kier alpha value is -1.59. The Kier molecular flexibility index (Phi) is 4.64. The van der Waals surface area contributed by atoms with E-state index in [2.05, 4.69) is 15.0 Å². The fraction of sp³-hybridized carbons (Fsp3) is 0.500. The lowest BCUT2D eigenvalue weighted by Gasteiger charge is -2.31. The molecule has 1 aromatic carbocycles. The molecule has 0 unspecified atom stereocenters. The molecule has 1 aromatic heterocycles. The SMILES string of the molecule is COc1ccc(Cl)cc1CN1CCC[C@@H](c2nc(C)no2)C1. The van der Waals surface area contributed by atoms with Crippen molar-refractivity contribution in [2.24, 2.45) is 0 Å². The number of ether oxygens (including phenoxy) is 1. The molecule has 0 radical (unpaired) electrons. The second-order valence-electron chi connectivity index (χ2n) is 5.71. The monoisotopic (exact) mass is 321 g/mol. The van der Waals surface area contributed by atoms with Crippen LogP contribution in [0.25, 0.3) is 0 Å². The van der Waals surface area contributed by atoms with E-state index in [1.807, 2.05) is 25.1 Å². The summed E-state index contributed by atoms with van der Waals surface area (Å²) in [7, 11) is 1.69. The molecule has 1 fully saturated rings. The minimum Gasteiger partial charge on any atom is -0.496 e. The molecule has 0 bridgehead atoms. The molecule has 22 heavy (non-hydrogen) atoms. The number of piperidine rings is 1. The third-order valence-corrected chi connectivity index (χ3v) is 4.27. The molecule has 6 heteroatoms. The third-order valence-electron chi connectivity index (χ3n) is 4.03. The van der Waals surface area contributed by atoms with Crippen LogP contribution in [0.4, 0.5) is 0 Å². The molecule has 5 nitrogen and oxygen atoms in total. The van der Waals surface area contributed by atoms with E-state index in [1.165, 1.54) is 0 Å². The molecule has 2 heterocycles. The fourth-order valence-electron chi connectivity index (χ4n) is 2.99. The van der Waals surface area contributed by atoms with Crippen molar-refractivity contribution in [1.29, 1.82) is 0 Å². The summed E-state index contributed by atoms with van der Waals surface area (Å²) in [5.41, 5.74) is 1.11. The van der Waals surface area contributed by atoms with Crippen molar-refractivity contribution >= 4 is 11.6 Å². The highest BCUT2D eigenvalue weighted by Gasteiger charge is 2.26. The van der Waals surface area contributed by atoms with Crippen LogP contribution in [0, 0.1) is 6.92 Å². The van der Waals surface area contributed by atoms with Gasteiger partial charge in [-0.25, -0.2) is 0 Å². The van der Waals surface area contributed by atoms with E-state index < -0.39 is 0 Å². The number of nitrogens with zero attached hydrogens (tertiary/aromatic N) is 3. The van der Waals surface area contributed by atoms with Crippen molar-refractivity contribution in [3.8, 4) is 5.75 Å². The predicted molar refractivity (Wildman–Crippen MR) is 84.3 cm³/mol. The van der Waals surface area contributed by atoms with Crippen LogP contribution in [0.3, 0.4) is 0 Å². The summed E-state index contributed by atoms with van der Waals surface area (Å²) < 4.78 is 10.8. The van der Waals surface area contributed by atoms with E-state index >= 15 is 0 Å². The van der Waals surface area contributed by atoms with Gasteiger partial charge in [0.15, 0.2) is 5.82 Å². The molecule has 2 aromatic rings. The van der Waals surface area contributed by atoms with Crippen LogP contribution in [-0.2, 0) is 6.54 Å². The van der Waals surface area contributed by atoms with Gasteiger partial charge in [0, 0.05) is 23.7 Å². The van der Waals surface area contributed by atoms with E-state index in [9.17, 15) is 0 Å². The third kappa shape index (κ3) is 3.42. The number of aromatic nitrogens is 2. The first-order valence-corrected chi connectivity index (χ1v) is 7.88. The maximum atomic E-state index is 6.11. The Morgan fingerprint density at radius 2 is 2.32 bits per heavy atom. The van der Waals surface area contributed by atoms with Gasteiger partial charge in [-0.3, -0.25) is 4.90 Å². The first-order valence-electron chi connectivity index (χ1n) is 7.50. The summed E-state index contributed by atoms with van der Waals surface area (Å²) in [5, 5.41) is 4.63. The van der Waals surface area contributed by atoms with Gasteiger partial charge in [-0.1, -0.05) is 16.8 Å². The van der Waals surface area contributed by atoms with E-state index in [4.69, 9.17) is 20.9 Å². The number of aryl methyl sites for hydroxylation is 1. The van der Waals surface area contributed by atoms with Crippen LogP contribution >= 0.6 is 11.6 Å². The minimum absolute atomic E-state index is 0.306. The highest BCUT2D eigenvalue weighted by Crippen LogP contribution is 2.29. The fourth-order valence-corrected chi connectivity index (χ4v) is 3.19. The normalized spacial score (nSPS) is 19.3. The number of methoxy groups -OCH3 is 1. The standard InChI is InChI=1S/C16H20ClN3O2/c1-11-18-16(22-19-11)12-4-3-7-20(9-12)10-13-8-14(17)5-6-15(13)21-2/h5-6,8,12H,3-4,7,9-10H2,1-2H3/t12-/m1/s1. The van der Waals surface area contributed by atoms with Crippen molar-refractivity contribution in [3.63, 3.8) is 0 Å². The Labute approximate surface area is 135 Å². The Morgan fingerprint density at radius 3 is 3.05 bits per heavy atom. The van der Waals surface area contributed by atoms with E-state index in [0.717, 1.165) is 54.7 Å². The molecule has 1 aliphatic heterocycles. The van der Waals surface area contributed by atoms with Crippen molar-refractivity contribution in [2.45, 2.75) is 32.2 Å². The second-order valence-corrected chi connectivity index (χ2v) is 6.15. The van der Waals surface area contributed by atoms with Crippen molar-refractivity contribution in [2.75, 3.05) is 20.2 Å². The van der Waals surface area contributed by atoms with Gasteiger partial charge in [-0.05, 0) is 44.5 Å². The average molecular weight is 322 g/mol. The summed E-state index contributed by atoms with van der Waals surface area (Å²) in [5.74, 6) is 2.63. The molecular weight excluding hydrogens is 302 g/mol. The molecule has 0 amide bonds. The smallest absolute Gasteiger partial charge is 0.231 e. The van der Waals surface area contributed by atoms with Crippen LogP contribution in [-0.4, -0.2) is 35.2 Å². The van der Waals surface area contributed by atoms with Crippen LogP contribution in [0.5, 0.6) is 5.75 Å². The predicted octanol–water partition coefficient (Wildman–Crippen LogP) is 3.42. The van der Waals surface area contributed by atoms with Gasteiger partial charge in [0.2, 0.25) is 5.89 Å². The second kappa shape index (κ2) is 6.67. The lowest BCUT2D eigenvalue weighted by atomic mass is 9.97. The molecule has 1 atom stereocenters. The summed E-state index contributed by atoms with van der Waals surface area (Å²) in [6, 6.07) is 5.74. The average Bonchev–Trinajstić information content (AvgIpc) is 2.94. The van der Waals surface area contributed by atoms with Gasteiger partial charge >= 0.3 is 0 Å². The molecule has 0 N–H and O–H groups in total. The molecule has 0 spiro atoms. The van der Waals surface area contributed by atoms with E-state index in [-0.39, 0.29) is 0 Å². The first kappa shape index (κ1) is 15.3. The van der Waals surface area contributed by atoms with Gasteiger partial charge in [0.25, 0.3) is 0 Å². The van der Waals surface area contributed by atoms with Gasteiger partial charge in [-0.2, -0.15) is 4.98 Å². The van der Waals surface area contributed by atoms with Crippen molar-refractivity contribution < 1.29 is 9.26 Å². The first-order chi connectivity index (χ1) is 10.7. The largest absolute Gasteiger partial charge is 0.496 e. The maximum Gasteiger partial charge on any atom is 0.231 e. The van der Waals surface area contributed by atoms with E-state index in [1.54, 1.807) is 7.11 Å². The molecule has 118 valence electrons. The molecule has 1 saturated heterocycles. The Morgan fingerprint density at radius 1 is 1.45 bits per heavy atom.